The van der Waals surface area contributed by atoms with E-state index in [1.165, 1.54) is 51.4 Å². The zero-order valence-corrected chi connectivity index (χ0v) is 12.2. The van der Waals surface area contributed by atoms with Crippen LogP contribution in [-0.2, 0) is 9.53 Å². The van der Waals surface area contributed by atoms with Crippen LogP contribution in [0, 0.1) is 5.92 Å². The topological polar surface area (TPSA) is 26.3 Å². The highest BCUT2D eigenvalue weighted by atomic mass is 16.5. The maximum atomic E-state index is 11.8. The predicted octanol–water partition coefficient (Wildman–Crippen LogP) is 4.86. The fourth-order valence-electron chi connectivity index (χ4n) is 2.64. The second kappa shape index (κ2) is 9.41. The normalized spacial score (nSPS) is 17.9. The smallest absolute Gasteiger partial charge is 0.308 e. The van der Waals surface area contributed by atoms with Gasteiger partial charge in [0.2, 0.25) is 0 Å². The molecule has 1 atom stereocenters. The highest BCUT2D eigenvalue weighted by molar-refractivity contribution is 5.72. The van der Waals surface area contributed by atoms with E-state index in [-0.39, 0.29) is 18.0 Å². The van der Waals surface area contributed by atoms with Gasteiger partial charge in [0.05, 0.1) is 5.92 Å². The summed E-state index contributed by atoms with van der Waals surface area (Å²) < 4.78 is 5.53. The molecule has 1 unspecified atom stereocenters. The first-order valence-corrected chi connectivity index (χ1v) is 7.94. The lowest BCUT2D eigenvalue weighted by Crippen LogP contribution is -2.20. The van der Waals surface area contributed by atoms with Crippen molar-refractivity contribution in [1.82, 2.24) is 0 Å². The van der Waals surface area contributed by atoms with Crippen molar-refractivity contribution in [3.8, 4) is 0 Å². The molecular formula is C16H30O2. The molecular weight excluding hydrogens is 224 g/mol. The standard InChI is InChI=1S/C16H30O2/c1-3-4-5-6-7-8-11-14(2)16(17)18-15-12-9-10-13-15/h14-15H,3-13H2,1-2H3. The molecule has 0 aromatic heterocycles. The highest BCUT2D eigenvalue weighted by Crippen LogP contribution is 2.23. The Balaban J connectivity index is 2.00. The van der Waals surface area contributed by atoms with E-state index in [0.29, 0.717) is 0 Å². The molecule has 1 fully saturated rings. The molecule has 0 heterocycles. The Morgan fingerprint density at radius 2 is 1.72 bits per heavy atom. The van der Waals surface area contributed by atoms with Crippen molar-refractivity contribution in [3.63, 3.8) is 0 Å². The number of carbonyl (C=O) groups excluding carboxylic acids is 1. The van der Waals surface area contributed by atoms with Crippen molar-refractivity contribution in [2.75, 3.05) is 0 Å². The van der Waals surface area contributed by atoms with E-state index in [1.807, 2.05) is 6.92 Å². The van der Waals surface area contributed by atoms with Gasteiger partial charge < -0.3 is 4.74 Å². The SMILES string of the molecule is CCCCCCCCC(C)C(=O)OC1CCCC1. The Hall–Kier alpha value is -0.530. The molecule has 1 aliphatic carbocycles. The minimum Gasteiger partial charge on any atom is -0.462 e. The predicted molar refractivity (Wildman–Crippen MR) is 75.5 cm³/mol. The van der Waals surface area contributed by atoms with Crippen molar-refractivity contribution in [2.24, 2.45) is 5.92 Å². The van der Waals surface area contributed by atoms with Gasteiger partial charge in [-0.15, -0.1) is 0 Å². The average Bonchev–Trinajstić information content (AvgIpc) is 2.86. The van der Waals surface area contributed by atoms with Gasteiger partial charge >= 0.3 is 5.97 Å². The molecule has 0 bridgehead atoms. The van der Waals surface area contributed by atoms with Crippen LogP contribution in [0.15, 0.2) is 0 Å². The first-order chi connectivity index (χ1) is 8.74. The summed E-state index contributed by atoms with van der Waals surface area (Å²) in [5, 5.41) is 0. The summed E-state index contributed by atoms with van der Waals surface area (Å²) in [6, 6.07) is 0. The van der Waals surface area contributed by atoms with Gasteiger partial charge in [0, 0.05) is 0 Å². The van der Waals surface area contributed by atoms with Gasteiger partial charge in [-0.25, -0.2) is 0 Å². The van der Waals surface area contributed by atoms with Crippen LogP contribution >= 0.6 is 0 Å². The molecule has 18 heavy (non-hydrogen) atoms. The summed E-state index contributed by atoms with van der Waals surface area (Å²) in [6.07, 6.45) is 13.6. The summed E-state index contributed by atoms with van der Waals surface area (Å²) in [4.78, 5) is 11.8. The average molecular weight is 254 g/mol. The third-order valence-electron chi connectivity index (χ3n) is 3.98. The maximum absolute atomic E-state index is 11.8. The molecule has 0 spiro atoms. The first-order valence-electron chi connectivity index (χ1n) is 7.94. The van der Waals surface area contributed by atoms with Crippen LogP contribution in [0.2, 0.25) is 0 Å². The van der Waals surface area contributed by atoms with E-state index in [1.54, 1.807) is 0 Å². The van der Waals surface area contributed by atoms with Gasteiger partial charge in [-0.3, -0.25) is 4.79 Å². The van der Waals surface area contributed by atoms with Crippen molar-refractivity contribution in [3.05, 3.63) is 0 Å². The molecule has 1 aliphatic rings. The lowest BCUT2D eigenvalue weighted by molar-refractivity contribution is -0.153. The number of rotatable bonds is 9. The third-order valence-corrected chi connectivity index (χ3v) is 3.98. The van der Waals surface area contributed by atoms with Gasteiger partial charge in [-0.05, 0) is 32.1 Å². The van der Waals surface area contributed by atoms with Gasteiger partial charge in [-0.1, -0.05) is 52.4 Å². The zero-order chi connectivity index (χ0) is 13.2. The quantitative estimate of drug-likeness (QED) is 0.434. The summed E-state index contributed by atoms with van der Waals surface area (Å²) in [7, 11) is 0. The molecule has 1 rings (SSSR count). The van der Waals surface area contributed by atoms with E-state index in [9.17, 15) is 4.79 Å². The minimum absolute atomic E-state index is 0.0375. The van der Waals surface area contributed by atoms with Crippen LogP contribution in [0.3, 0.4) is 0 Å². The largest absolute Gasteiger partial charge is 0.462 e. The lowest BCUT2D eigenvalue weighted by Gasteiger charge is -2.15. The van der Waals surface area contributed by atoms with Crippen LogP contribution in [0.1, 0.15) is 84.5 Å². The number of hydrogen-bond acceptors (Lipinski definition) is 2. The highest BCUT2D eigenvalue weighted by Gasteiger charge is 2.22. The van der Waals surface area contributed by atoms with E-state index in [4.69, 9.17) is 4.74 Å². The number of unbranched alkanes of at least 4 members (excludes halogenated alkanes) is 5. The van der Waals surface area contributed by atoms with E-state index >= 15 is 0 Å². The third kappa shape index (κ3) is 6.42. The van der Waals surface area contributed by atoms with Crippen molar-refractivity contribution < 1.29 is 9.53 Å². The second-order valence-electron chi connectivity index (χ2n) is 5.80. The molecule has 0 N–H and O–H groups in total. The molecule has 0 radical (unpaired) electrons. The number of carbonyl (C=O) groups is 1. The van der Waals surface area contributed by atoms with E-state index in [0.717, 1.165) is 19.3 Å². The molecule has 0 saturated heterocycles. The second-order valence-corrected chi connectivity index (χ2v) is 5.80. The van der Waals surface area contributed by atoms with Crippen LogP contribution in [0.25, 0.3) is 0 Å². The first kappa shape index (κ1) is 15.5. The number of ether oxygens (including phenoxy) is 1. The van der Waals surface area contributed by atoms with Crippen LogP contribution < -0.4 is 0 Å². The van der Waals surface area contributed by atoms with Gasteiger partial charge in [0.15, 0.2) is 0 Å². The monoisotopic (exact) mass is 254 g/mol. The fourth-order valence-corrected chi connectivity index (χ4v) is 2.64. The number of esters is 1. The maximum Gasteiger partial charge on any atom is 0.308 e. The summed E-state index contributed by atoms with van der Waals surface area (Å²) in [5.74, 6) is 0.132. The van der Waals surface area contributed by atoms with Crippen LogP contribution in [-0.4, -0.2) is 12.1 Å². The molecule has 0 aromatic carbocycles. The van der Waals surface area contributed by atoms with Gasteiger partial charge in [0.25, 0.3) is 0 Å². The Kier molecular flexibility index (Phi) is 8.11. The summed E-state index contributed by atoms with van der Waals surface area (Å²) >= 11 is 0. The van der Waals surface area contributed by atoms with Crippen molar-refractivity contribution >= 4 is 5.97 Å². The lowest BCUT2D eigenvalue weighted by atomic mass is 10.0. The fraction of sp³-hybridized carbons (Fsp3) is 0.938. The molecule has 2 nitrogen and oxygen atoms in total. The van der Waals surface area contributed by atoms with Gasteiger partial charge in [0.1, 0.15) is 6.10 Å². The van der Waals surface area contributed by atoms with Crippen molar-refractivity contribution in [1.29, 1.82) is 0 Å². The van der Waals surface area contributed by atoms with E-state index < -0.39 is 0 Å². The number of hydrogen-bond donors (Lipinski definition) is 0. The van der Waals surface area contributed by atoms with E-state index in [2.05, 4.69) is 6.92 Å². The Bertz CT molecular complexity index is 219. The molecule has 1 saturated carbocycles. The molecule has 0 amide bonds. The van der Waals surface area contributed by atoms with Crippen LogP contribution in [0.4, 0.5) is 0 Å². The summed E-state index contributed by atoms with van der Waals surface area (Å²) in [5.41, 5.74) is 0. The Morgan fingerprint density at radius 1 is 1.11 bits per heavy atom. The van der Waals surface area contributed by atoms with Gasteiger partial charge in [-0.2, -0.15) is 0 Å². The Labute approximate surface area is 112 Å². The van der Waals surface area contributed by atoms with Crippen molar-refractivity contribution in [2.45, 2.75) is 90.6 Å². The van der Waals surface area contributed by atoms with Crippen LogP contribution in [0.5, 0.6) is 0 Å². The molecule has 106 valence electrons. The Morgan fingerprint density at radius 3 is 2.39 bits per heavy atom. The zero-order valence-electron chi connectivity index (χ0n) is 12.2. The molecule has 2 heteroatoms. The minimum atomic E-state index is 0.0375. The summed E-state index contributed by atoms with van der Waals surface area (Å²) in [6.45, 7) is 4.25. The molecule has 0 aromatic rings. The molecule has 0 aliphatic heterocycles.